The Morgan fingerprint density at radius 3 is 2.83 bits per heavy atom. The summed E-state index contributed by atoms with van der Waals surface area (Å²) in [5.41, 5.74) is 4.11. The molecule has 1 aromatic heterocycles. The van der Waals surface area contributed by atoms with Crippen molar-refractivity contribution in [2.45, 2.75) is 26.7 Å². The monoisotopic (exact) mass is 399 g/mol. The third kappa shape index (κ3) is 4.37. The Morgan fingerprint density at radius 2 is 2.07 bits per heavy atom. The summed E-state index contributed by atoms with van der Waals surface area (Å²) in [6.07, 6.45) is 0.951. The molecule has 0 saturated carbocycles. The summed E-state index contributed by atoms with van der Waals surface area (Å²) in [4.78, 5) is 20.2. The summed E-state index contributed by atoms with van der Waals surface area (Å²) in [5.74, 6) is 1.72. The number of alkyl carbamates (subject to hydrolysis) is 1. The molecule has 0 aliphatic carbocycles. The molecule has 0 spiro atoms. The Hall–Kier alpha value is -3.00. The number of anilines is 2. The van der Waals surface area contributed by atoms with E-state index < -0.39 is 12.4 Å². The van der Waals surface area contributed by atoms with Gasteiger partial charge in [0.05, 0.1) is 12.8 Å². The van der Waals surface area contributed by atoms with Crippen LogP contribution in [0.2, 0.25) is 0 Å². The van der Waals surface area contributed by atoms with Gasteiger partial charge in [-0.3, -0.25) is 10.2 Å². The minimum atomic E-state index is -0.498. The van der Waals surface area contributed by atoms with E-state index in [1.165, 1.54) is 12.7 Å². The van der Waals surface area contributed by atoms with E-state index in [2.05, 4.69) is 44.4 Å². The number of nitrogens with zero attached hydrogens (tertiary/aromatic N) is 3. The average Bonchev–Trinajstić information content (AvgIpc) is 2.92. The highest BCUT2D eigenvalue weighted by Crippen LogP contribution is 2.35. The predicted molar refractivity (Wildman–Crippen MR) is 114 cm³/mol. The first-order valence-electron chi connectivity index (χ1n) is 9.83. The number of hydrogen-bond acceptors (Lipinski definition) is 7. The highest BCUT2D eigenvalue weighted by atomic mass is 16.5. The first-order valence-corrected chi connectivity index (χ1v) is 9.83. The number of pyridine rings is 1. The van der Waals surface area contributed by atoms with Gasteiger partial charge in [0.25, 0.3) is 0 Å². The minimum absolute atomic E-state index is 0.399. The molecule has 1 amide bonds. The van der Waals surface area contributed by atoms with Crippen molar-refractivity contribution in [3.8, 4) is 16.9 Å². The number of methoxy groups -OCH3 is 1. The Morgan fingerprint density at radius 1 is 1.28 bits per heavy atom. The number of benzene rings is 1. The average molecular weight is 399 g/mol. The zero-order valence-corrected chi connectivity index (χ0v) is 17.7. The van der Waals surface area contributed by atoms with Gasteiger partial charge in [-0.25, -0.2) is 9.78 Å². The SMILES string of the molecule is CC.COC(=O)NC1Nc2cc(-c3ccc4c(c3)CN(C)CCO4)cnc2N1C. The van der Waals surface area contributed by atoms with Crippen LogP contribution in [-0.4, -0.2) is 56.6 Å². The second kappa shape index (κ2) is 9.00. The van der Waals surface area contributed by atoms with E-state index in [9.17, 15) is 4.79 Å². The second-order valence-electron chi connectivity index (χ2n) is 6.80. The molecular weight excluding hydrogens is 370 g/mol. The van der Waals surface area contributed by atoms with Crippen molar-refractivity contribution in [3.05, 3.63) is 36.0 Å². The largest absolute Gasteiger partial charge is 0.492 e. The van der Waals surface area contributed by atoms with Gasteiger partial charge in [0.2, 0.25) is 0 Å². The topological polar surface area (TPSA) is 79.0 Å². The number of hydrogen-bond donors (Lipinski definition) is 2. The van der Waals surface area contributed by atoms with Gasteiger partial charge in [0, 0.05) is 37.5 Å². The van der Waals surface area contributed by atoms with E-state index in [0.29, 0.717) is 6.61 Å². The number of ether oxygens (including phenoxy) is 2. The van der Waals surface area contributed by atoms with Crippen molar-refractivity contribution in [3.63, 3.8) is 0 Å². The van der Waals surface area contributed by atoms with Gasteiger partial charge >= 0.3 is 6.09 Å². The lowest BCUT2D eigenvalue weighted by molar-refractivity contribution is 0.168. The molecule has 4 rings (SSSR count). The zero-order chi connectivity index (χ0) is 21.0. The molecule has 156 valence electrons. The molecule has 1 aromatic carbocycles. The van der Waals surface area contributed by atoms with E-state index >= 15 is 0 Å². The Kier molecular flexibility index (Phi) is 6.43. The van der Waals surface area contributed by atoms with Crippen LogP contribution in [0.25, 0.3) is 11.1 Å². The van der Waals surface area contributed by atoms with Crippen molar-refractivity contribution in [1.29, 1.82) is 0 Å². The smallest absolute Gasteiger partial charge is 0.409 e. The molecular formula is C21H29N5O3. The molecule has 0 saturated heterocycles. The predicted octanol–water partition coefficient (Wildman–Crippen LogP) is 3.10. The molecule has 2 aliphatic rings. The van der Waals surface area contributed by atoms with Crippen molar-refractivity contribution in [1.82, 2.24) is 15.2 Å². The maximum Gasteiger partial charge on any atom is 0.409 e. The fourth-order valence-corrected chi connectivity index (χ4v) is 3.38. The Labute approximate surface area is 171 Å². The number of amides is 1. The van der Waals surface area contributed by atoms with Crippen LogP contribution in [0, 0.1) is 0 Å². The molecule has 2 N–H and O–H groups in total. The Balaban J connectivity index is 0.00000117. The number of nitrogens with one attached hydrogen (secondary N) is 2. The van der Waals surface area contributed by atoms with Gasteiger partial charge in [-0.2, -0.15) is 0 Å². The number of carbonyl (C=O) groups is 1. The minimum Gasteiger partial charge on any atom is -0.492 e. The Bertz CT molecular complexity index is 873. The fraction of sp³-hybridized carbons (Fsp3) is 0.429. The lowest BCUT2D eigenvalue weighted by atomic mass is 10.0. The maximum absolute atomic E-state index is 11.5. The summed E-state index contributed by atoms with van der Waals surface area (Å²) in [7, 11) is 5.30. The molecule has 2 aromatic rings. The van der Waals surface area contributed by atoms with E-state index in [0.717, 1.165) is 41.5 Å². The van der Waals surface area contributed by atoms with Crippen molar-refractivity contribution < 1.29 is 14.3 Å². The molecule has 0 fully saturated rings. The third-order valence-corrected chi connectivity index (χ3v) is 4.88. The standard InChI is InChI=1S/C19H23N5O3.C2H6/c1-23-6-7-27-16-5-4-12(8-14(16)11-23)13-9-15-17(20-10-13)24(2)18(21-15)22-19(25)26-3;1-2/h4-5,8-10,18,21H,6-7,11H2,1-3H3,(H,22,25);1-2H3. The van der Waals surface area contributed by atoms with Gasteiger partial charge in [-0.15, -0.1) is 0 Å². The lowest BCUT2D eigenvalue weighted by Gasteiger charge is -2.21. The first-order chi connectivity index (χ1) is 14.0. The number of carbonyl (C=O) groups excluding carboxylic acids is 1. The number of likely N-dealkylation sites (N-methyl/N-ethyl adjacent to an activating group) is 1. The van der Waals surface area contributed by atoms with E-state index in [1.807, 2.05) is 44.1 Å². The van der Waals surface area contributed by atoms with Crippen LogP contribution in [0.5, 0.6) is 5.75 Å². The van der Waals surface area contributed by atoms with Gasteiger partial charge in [-0.05, 0) is 30.8 Å². The van der Waals surface area contributed by atoms with Gasteiger partial charge in [0.1, 0.15) is 12.4 Å². The second-order valence-corrected chi connectivity index (χ2v) is 6.80. The normalized spacial score (nSPS) is 17.6. The van der Waals surface area contributed by atoms with Gasteiger partial charge < -0.3 is 19.7 Å². The van der Waals surface area contributed by atoms with Gasteiger partial charge in [-0.1, -0.05) is 19.9 Å². The molecule has 29 heavy (non-hydrogen) atoms. The van der Waals surface area contributed by atoms with E-state index in [-0.39, 0.29) is 0 Å². The van der Waals surface area contributed by atoms with Crippen LogP contribution in [0.3, 0.4) is 0 Å². The number of rotatable bonds is 2. The first kappa shape index (κ1) is 20.7. The highest BCUT2D eigenvalue weighted by molar-refractivity contribution is 5.80. The summed E-state index contributed by atoms with van der Waals surface area (Å²) < 4.78 is 10.5. The zero-order valence-electron chi connectivity index (χ0n) is 17.7. The van der Waals surface area contributed by atoms with E-state index in [1.54, 1.807) is 0 Å². The highest BCUT2D eigenvalue weighted by Gasteiger charge is 2.29. The third-order valence-electron chi connectivity index (χ3n) is 4.88. The van der Waals surface area contributed by atoms with Gasteiger partial charge in [0.15, 0.2) is 12.1 Å². The van der Waals surface area contributed by atoms with Crippen LogP contribution in [0.15, 0.2) is 30.5 Å². The fourth-order valence-electron chi connectivity index (χ4n) is 3.38. The lowest BCUT2D eigenvalue weighted by Crippen LogP contribution is -2.48. The molecule has 0 radical (unpaired) electrons. The number of aromatic nitrogens is 1. The maximum atomic E-state index is 11.5. The molecule has 1 unspecified atom stereocenters. The van der Waals surface area contributed by atoms with Crippen molar-refractivity contribution in [2.75, 3.05) is 44.6 Å². The van der Waals surface area contributed by atoms with Crippen LogP contribution >= 0.6 is 0 Å². The van der Waals surface area contributed by atoms with E-state index in [4.69, 9.17) is 4.74 Å². The molecule has 2 aliphatic heterocycles. The van der Waals surface area contributed by atoms with Crippen molar-refractivity contribution in [2.24, 2.45) is 0 Å². The quantitative estimate of drug-likeness (QED) is 0.803. The summed E-state index contributed by atoms with van der Waals surface area (Å²) in [6, 6.07) is 8.28. The summed E-state index contributed by atoms with van der Waals surface area (Å²) >= 11 is 0. The molecule has 8 heteroatoms. The molecule has 3 heterocycles. The molecule has 0 bridgehead atoms. The summed E-state index contributed by atoms with van der Waals surface area (Å²) in [5, 5.41) is 5.99. The molecule has 1 atom stereocenters. The summed E-state index contributed by atoms with van der Waals surface area (Å²) in [6.45, 7) is 6.47. The van der Waals surface area contributed by atoms with Crippen molar-refractivity contribution >= 4 is 17.6 Å². The number of fused-ring (bicyclic) bond motifs is 2. The van der Waals surface area contributed by atoms with Crippen LogP contribution in [0.4, 0.5) is 16.3 Å². The van der Waals surface area contributed by atoms with Crippen LogP contribution < -0.4 is 20.3 Å². The molecule has 8 nitrogen and oxygen atoms in total. The van der Waals surface area contributed by atoms with Crippen LogP contribution in [-0.2, 0) is 11.3 Å². The van der Waals surface area contributed by atoms with Crippen LogP contribution in [0.1, 0.15) is 19.4 Å².